The van der Waals surface area contributed by atoms with E-state index >= 15 is 0 Å². The van der Waals surface area contributed by atoms with Gasteiger partial charge in [0.15, 0.2) is 0 Å². The summed E-state index contributed by atoms with van der Waals surface area (Å²) >= 11 is 1.29. The number of benzene rings is 2. The minimum atomic E-state index is -3.81. The Bertz CT molecular complexity index is 1280. The molecule has 0 radical (unpaired) electrons. The quantitative estimate of drug-likeness (QED) is 0.491. The average molecular weight is 458 g/mol. The summed E-state index contributed by atoms with van der Waals surface area (Å²) in [7, 11) is -3.81. The number of hydrogen-bond acceptors (Lipinski definition) is 5. The number of primary amides is 1. The number of rotatable bonds is 7. The van der Waals surface area contributed by atoms with E-state index in [9.17, 15) is 18.0 Å². The lowest BCUT2D eigenvalue weighted by Gasteiger charge is -2.13. The van der Waals surface area contributed by atoms with Crippen LogP contribution >= 0.6 is 11.3 Å². The number of nitrogens with two attached hydrogens (primary N) is 1. The van der Waals surface area contributed by atoms with E-state index < -0.39 is 15.9 Å². The summed E-state index contributed by atoms with van der Waals surface area (Å²) in [5.74, 6) is -0.765. The maximum Gasteiger partial charge on any atom is 0.261 e. The van der Waals surface area contributed by atoms with Gasteiger partial charge in [0.05, 0.1) is 10.5 Å². The molecule has 0 saturated heterocycles. The van der Waals surface area contributed by atoms with Gasteiger partial charge < -0.3 is 11.1 Å². The van der Waals surface area contributed by atoms with E-state index in [-0.39, 0.29) is 28.2 Å². The maximum atomic E-state index is 12.8. The molecule has 0 bridgehead atoms. The summed E-state index contributed by atoms with van der Waals surface area (Å²) in [6.07, 6.45) is 1.68. The summed E-state index contributed by atoms with van der Waals surface area (Å²) in [4.78, 5) is 24.7. The Morgan fingerprint density at radius 3 is 2.39 bits per heavy atom. The van der Waals surface area contributed by atoms with Crippen LogP contribution in [-0.4, -0.2) is 20.2 Å². The van der Waals surface area contributed by atoms with Crippen molar-refractivity contribution in [3.63, 3.8) is 0 Å². The molecule has 4 N–H and O–H groups in total. The zero-order valence-electron chi connectivity index (χ0n) is 17.1. The van der Waals surface area contributed by atoms with Crippen LogP contribution in [0.15, 0.2) is 47.4 Å². The molecule has 1 saturated carbocycles. The number of carbonyl (C=O) groups is 2. The first-order valence-corrected chi connectivity index (χ1v) is 12.3. The van der Waals surface area contributed by atoms with E-state index in [2.05, 4.69) is 10.0 Å². The van der Waals surface area contributed by atoms with E-state index in [1.165, 1.54) is 23.5 Å². The number of amides is 2. The van der Waals surface area contributed by atoms with E-state index in [0.29, 0.717) is 16.1 Å². The lowest BCUT2D eigenvalue weighted by atomic mass is 9.99. The third kappa shape index (κ3) is 4.28. The highest BCUT2D eigenvalue weighted by atomic mass is 32.2. The normalized spacial score (nSPS) is 14.0. The zero-order chi connectivity index (χ0) is 22.3. The second kappa shape index (κ2) is 7.97. The molecule has 1 aromatic heterocycles. The monoisotopic (exact) mass is 457 g/mol. The Hall–Kier alpha value is -2.91. The number of fused-ring (bicyclic) bond motifs is 1. The summed E-state index contributed by atoms with van der Waals surface area (Å²) in [6.45, 7) is 3.97. The van der Waals surface area contributed by atoms with Gasteiger partial charge in [-0.2, -0.15) is 0 Å². The number of carbonyl (C=O) groups excluding carboxylic acids is 2. The van der Waals surface area contributed by atoms with Crippen LogP contribution in [0, 0.1) is 5.92 Å². The first-order chi connectivity index (χ1) is 14.7. The lowest BCUT2D eigenvalue weighted by Crippen LogP contribution is -2.17. The topological polar surface area (TPSA) is 118 Å². The van der Waals surface area contributed by atoms with Crippen LogP contribution in [0.25, 0.3) is 10.1 Å². The highest BCUT2D eigenvalue weighted by Crippen LogP contribution is 2.42. The van der Waals surface area contributed by atoms with Crippen LogP contribution in [0.2, 0.25) is 0 Å². The third-order valence-electron chi connectivity index (χ3n) is 5.18. The van der Waals surface area contributed by atoms with Crippen molar-refractivity contribution in [2.75, 3.05) is 10.0 Å². The number of nitrogens with one attached hydrogen (secondary N) is 2. The minimum Gasteiger partial charge on any atom is -0.365 e. The van der Waals surface area contributed by atoms with Crippen LogP contribution in [0.1, 0.15) is 48.5 Å². The van der Waals surface area contributed by atoms with Crippen LogP contribution in [0.4, 0.5) is 10.7 Å². The fraction of sp³-hybridized carbons (Fsp3) is 0.273. The minimum absolute atomic E-state index is 0.0243. The molecular weight excluding hydrogens is 434 g/mol. The van der Waals surface area contributed by atoms with Crippen LogP contribution in [0.5, 0.6) is 0 Å². The largest absolute Gasteiger partial charge is 0.365 e. The van der Waals surface area contributed by atoms with Crippen molar-refractivity contribution in [2.45, 2.75) is 37.5 Å². The first kappa shape index (κ1) is 21.3. The van der Waals surface area contributed by atoms with Crippen molar-refractivity contribution in [2.24, 2.45) is 11.7 Å². The Kier molecular flexibility index (Phi) is 5.49. The molecule has 2 amide bonds. The molecule has 1 heterocycles. The predicted octanol–water partition coefficient (Wildman–Crippen LogP) is 4.27. The molecule has 162 valence electrons. The Morgan fingerprint density at radius 2 is 1.81 bits per heavy atom. The first-order valence-electron chi connectivity index (χ1n) is 9.96. The SMILES string of the molecule is CC(C)c1cc(NS(=O)(=O)c2ccccc2)cc2c(C(N)=O)c(NC(=O)C3CC3)sc12. The molecule has 1 aliphatic rings. The molecule has 31 heavy (non-hydrogen) atoms. The smallest absolute Gasteiger partial charge is 0.261 e. The van der Waals surface area contributed by atoms with Gasteiger partial charge in [0.2, 0.25) is 5.91 Å². The van der Waals surface area contributed by atoms with Gasteiger partial charge in [-0.25, -0.2) is 8.42 Å². The number of sulfonamides is 1. The third-order valence-corrected chi connectivity index (χ3v) is 7.74. The van der Waals surface area contributed by atoms with Crippen molar-refractivity contribution in [3.8, 4) is 0 Å². The summed E-state index contributed by atoms with van der Waals surface area (Å²) in [5.41, 5.74) is 7.07. The van der Waals surface area contributed by atoms with Gasteiger partial charge in [-0.3, -0.25) is 14.3 Å². The highest BCUT2D eigenvalue weighted by Gasteiger charge is 2.31. The summed E-state index contributed by atoms with van der Waals surface area (Å²) in [5, 5.41) is 3.78. The zero-order valence-corrected chi connectivity index (χ0v) is 18.8. The number of hydrogen-bond donors (Lipinski definition) is 3. The molecule has 0 spiro atoms. The van der Waals surface area contributed by atoms with E-state index in [0.717, 1.165) is 23.1 Å². The van der Waals surface area contributed by atoms with Crippen molar-refractivity contribution in [1.82, 2.24) is 0 Å². The molecule has 7 nitrogen and oxygen atoms in total. The fourth-order valence-electron chi connectivity index (χ4n) is 3.42. The molecule has 9 heteroatoms. The van der Waals surface area contributed by atoms with Gasteiger partial charge in [-0.1, -0.05) is 32.0 Å². The Morgan fingerprint density at radius 1 is 1.13 bits per heavy atom. The molecule has 0 atom stereocenters. The average Bonchev–Trinajstić information content (AvgIpc) is 3.49. The molecule has 0 unspecified atom stereocenters. The van der Waals surface area contributed by atoms with Gasteiger partial charge in [0.25, 0.3) is 15.9 Å². The van der Waals surface area contributed by atoms with Crippen LogP contribution in [-0.2, 0) is 14.8 Å². The van der Waals surface area contributed by atoms with Gasteiger partial charge in [-0.05, 0) is 48.6 Å². The number of anilines is 2. The molecule has 1 aliphatic carbocycles. The van der Waals surface area contributed by atoms with Crippen LogP contribution in [0.3, 0.4) is 0 Å². The highest BCUT2D eigenvalue weighted by molar-refractivity contribution is 7.92. The van der Waals surface area contributed by atoms with Gasteiger partial charge in [-0.15, -0.1) is 11.3 Å². The molecule has 2 aromatic carbocycles. The van der Waals surface area contributed by atoms with E-state index in [4.69, 9.17) is 5.73 Å². The molecule has 3 aromatic rings. The summed E-state index contributed by atoms with van der Waals surface area (Å²) in [6, 6.07) is 11.4. The van der Waals surface area contributed by atoms with Crippen molar-refractivity contribution < 1.29 is 18.0 Å². The van der Waals surface area contributed by atoms with E-state index in [1.807, 2.05) is 13.8 Å². The molecular formula is C22H23N3O4S2. The van der Waals surface area contributed by atoms with Gasteiger partial charge in [0, 0.05) is 21.7 Å². The number of thiophene rings is 1. The van der Waals surface area contributed by atoms with Crippen molar-refractivity contribution in [1.29, 1.82) is 0 Å². The molecule has 1 fully saturated rings. The molecule has 4 rings (SSSR count). The summed E-state index contributed by atoms with van der Waals surface area (Å²) < 4.78 is 29.0. The van der Waals surface area contributed by atoms with Crippen molar-refractivity contribution in [3.05, 3.63) is 53.6 Å². The van der Waals surface area contributed by atoms with E-state index in [1.54, 1.807) is 30.3 Å². The second-order valence-electron chi connectivity index (χ2n) is 7.95. The predicted molar refractivity (Wildman–Crippen MR) is 123 cm³/mol. The standard InChI is InChI=1S/C22H23N3O4S2/c1-12(2)16-10-14(25-31(28,29)15-6-4-3-5-7-15)11-17-18(20(23)26)22(30-19(16)17)24-21(27)13-8-9-13/h3-7,10-13,25H,8-9H2,1-2H3,(H2,23,26)(H,24,27). The van der Waals surface area contributed by atoms with Gasteiger partial charge in [0.1, 0.15) is 5.00 Å². The lowest BCUT2D eigenvalue weighted by molar-refractivity contribution is -0.117. The molecule has 0 aliphatic heterocycles. The second-order valence-corrected chi connectivity index (χ2v) is 10.7. The van der Waals surface area contributed by atoms with Gasteiger partial charge >= 0.3 is 0 Å². The Balaban J connectivity index is 1.83. The Labute approximate surface area is 184 Å². The van der Waals surface area contributed by atoms with Crippen LogP contribution < -0.4 is 15.8 Å². The maximum absolute atomic E-state index is 12.8. The van der Waals surface area contributed by atoms with Crippen molar-refractivity contribution >= 4 is 53.9 Å². The fourth-order valence-corrected chi connectivity index (χ4v) is 5.83.